The van der Waals surface area contributed by atoms with Crippen LogP contribution in [-0.4, -0.2) is 12.3 Å². The van der Waals surface area contributed by atoms with Crippen molar-refractivity contribution in [1.82, 2.24) is 0 Å². The number of rotatable bonds is 1. The summed E-state index contributed by atoms with van der Waals surface area (Å²) in [5, 5.41) is 0. The van der Waals surface area contributed by atoms with Crippen LogP contribution in [0.5, 0.6) is 0 Å². The molecule has 0 nitrogen and oxygen atoms in total. The Morgan fingerprint density at radius 1 is 0.667 bits per heavy atom. The van der Waals surface area contributed by atoms with Crippen LogP contribution in [0, 0.1) is 10.8 Å². The fourth-order valence-corrected chi connectivity index (χ4v) is 0.878. The maximum Gasteiger partial charge on any atom is 0.136 e. The Balaban J connectivity index is 4.41. The van der Waals surface area contributed by atoms with Crippen LogP contribution in [0.15, 0.2) is 0 Å². The highest BCUT2D eigenvalue weighted by Gasteiger charge is 2.39. The van der Waals surface area contributed by atoms with Gasteiger partial charge in [0.05, 0.1) is 0 Å². The van der Waals surface area contributed by atoms with Crippen LogP contribution in [0.1, 0.15) is 41.5 Å². The van der Waals surface area contributed by atoms with Gasteiger partial charge in [0.2, 0.25) is 0 Å². The second-order valence-corrected chi connectivity index (χ2v) is 5.54. The van der Waals surface area contributed by atoms with Crippen molar-refractivity contribution in [3.8, 4) is 0 Å². The predicted octanol–water partition coefficient (Wildman–Crippen LogP) is 3.75. The standard InChI is InChI=1S/C10H20F2/c1-9(2,3)7(11)8(12)10(4,5)6/h7-8H,1-6H3. The van der Waals surface area contributed by atoms with Crippen LogP contribution >= 0.6 is 0 Å². The zero-order valence-electron chi connectivity index (χ0n) is 8.91. The molecule has 0 aromatic carbocycles. The first-order valence-corrected chi connectivity index (χ1v) is 4.35. The Hall–Kier alpha value is -0.140. The van der Waals surface area contributed by atoms with Gasteiger partial charge in [0.1, 0.15) is 12.3 Å². The minimum atomic E-state index is -1.39. The maximum atomic E-state index is 13.4. The molecule has 0 aliphatic heterocycles. The first-order chi connectivity index (χ1) is 5.07. The molecule has 0 aromatic rings. The molecule has 0 saturated heterocycles. The van der Waals surface area contributed by atoms with Crippen molar-refractivity contribution in [3.05, 3.63) is 0 Å². The van der Waals surface area contributed by atoms with Crippen LogP contribution in [0.2, 0.25) is 0 Å². The quantitative estimate of drug-likeness (QED) is 0.573. The first kappa shape index (κ1) is 11.9. The number of hydrogen-bond donors (Lipinski definition) is 0. The van der Waals surface area contributed by atoms with Gasteiger partial charge in [-0.2, -0.15) is 0 Å². The van der Waals surface area contributed by atoms with Crippen molar-refractivity contribution in [1.29, 1.82) is 0 Å². The molecule has 0 aromatic heterocycles. The molecular weight excluding hydrogens is 158 g/mol. The highest BCUT2D eigenvalue weighted by Crippen LogP contribution is 2.35. The average molecular weight is 178 g/mol. The van der Waals surface area contributed by atoms with Gasteiger partial charge in [0.25, 0.3) is 0 Å². The second-order valence-electron chi connectivity index (χ2n) is 5.54. The van der Waals surface area contributed by atoms with Gasteiger partial charge in [-0.1, -0.05) is 41.5 Å². The molecule has 0 aliphatic rings. The molecule has 0 heterocycles. The second kappa shape index (κ2) is 3.31. The molecule has 0 aliphatic carbocycles. The van der Waals surface area contributed by atoms with E-state index in [1.165, 1.54) is 0 Å². The van der Waals surface area contributed by atoms with Gasteiger partial charge < -0.3 is 0 Å². The van der Waals surface area contributed by atoms with Crippen LogP contribution in [0.25, 0.3) is 0 Å². The fraction of sp³-hybridized carbons (Fsp3) is 1.00. The maximum absolute atomic E-state index is 13.4. The molecule has 0 N–H and O–H groups in total. The summed E-state index contributed by atoms with van der Waals surface area (Å²) in [7, 11) is 0. The lowest BCUT2D eigenvalue weighted by Gasteiger charge is -2.33. The van der Waals surface area contributed by atoms with E-state index in [0.29, 0.717) is 0 Å². The van der Waals surface area contributed by atoms with E-state index in [1.807, 2.05) is 0 Å². The highest BCUT2D eigenvalue weighted by atomic mass is 19.2. The molecule has 0 bridgehead atoms. The minimum Gasteiger partial charge on any atom is -0.244 e. The first-order valence-electron chi connectivity index (χ1n) is 4.35. The highest BCUT2D eigenvalue weighted by molar-refractivity contribution is 4.87. The Bertz CT molecular complexity index is 121. The lowest BCUT2D eigenvalue weighted by Crippen LogP contribution is -2.39. The summed E-state index contributed by atoms with van der Waals surface area (Å²) in [5.74, 6) is 0. The SMILES string of the molecule is CC(C)(C)C(F)C(F)C(C)(C)C. The molecule has 2 atom stereocenters. The molecule has 0 spiro atoms. The van der Waals surface area contributed by atoms with Crippen molar-refractivity contribution in [2.45, 2.75) is 53.9 Å². The van der Waals surface area contributed by atoms with E-state index in [4.69, 9.17) is 0 Å². The molecule has 12 heavy (non-hydrogen) atoms. The lowest BCUT2D eigenvalue weighted by molar-refractivity contribution is 0.00772. The smallest absolute Gasteiger partial charge is 0.136 e. The van der Waals surface area contributed by atoms with Crippen LogP contribution in [-0.2, 0) is 0 Å². The molecule has 74 valence electrons. The molecule has 2 unspecified atom stereocenters. The summed E-state index contributed by atoms with van der Waals surface area (Å²) in [5.41, 5.74) is -1.21. The van der Waals surface area contributed by atoms with E-state index < -0.39 is 23.2 Å². The number of alkyl halides is 2. The van der Waals surface area contributed by atoms with Gasteiger partial charge in [-0.3, -0.25) is 0 Å². The predicted molar refractivity (Wildman–Crippen MR) is 48.7 cm³/mol. The molecule has 0 saturated carbocycles. The average Bonchev–Trinajstić information content (AvgIpc) is 1.80. The Labute approximate surface area is 74.4 Å². The molecular formula is C10H20F2. The Kier molecular flexibility index (Phi) is 3.27. The topological polar surface area (TPSA) is 0 Å². The normalized spacial score (nSPS) is 19.0. The van der Waals surface area contributed by atoms with Crippen molar-refractivity contribution in [2.75, 3.05) is 0 Å². The van der Waals surface area contributed by atoms with E-state index in [2.05, 4.69) is 0 Å². The van der Waals surface area contributed by atoms with E-state index in [9.17, 15) is 8.78 Å². The molecule has 2 heteroatoms. The van der Waals surface area contributed by atoms with Gasteiger partial charge in [-0.05, 0) is 10.8 Å². The van der Waals surface area contributed by atoms with E-state index in [1.54, 1.807) is 41.5 Å². The Morgan fingerprint density at radius 3 is 0.917 bits per heavy atom. The third kappa shape index (κ3) is 3.08. The van der Waals surface area contributed by atoms with Crippen molar-refractivity contribution >= 4 is 0 Å². The number of halogens is 2. The van der Waals surface area contributed by atoms with E-state index in [-0.39, 0.29) is 0 Å². The van der Waals surface area contributed by atoms with Gasteiger partial charge in [0, 0.05) is 0 Å². The monoisotopic (exact) mass is 178 g/mol. The summed E-state index contributed by atoms with van der Waals surface area (Å²) < 4.78 is 26.8. The lowest BCUT2D eigenvalue weighted by atomic mass is 9.78. The van der Waals surface area contributed by atoms with Crippen LogP contribution in [0.4, 0.5) is 8.78 Å². The summed E-state index contributed by atoms with van der Waals surface area (Å²) >= 11 is 0. The van der Waals surface area contributed by atoms with E-state index in [0.717, 1.165) is 0 Å². The number of hydrogen-bond acceptors (Lipinski definition) is 0. The van der Waals surface area contributed by atoms with Crippen LogP contribution in [0.3, 0.4) is 0 Å². The zero-order valence-corrected chi connectivity index (χ0v) is 8.91. The molecule has 0 amide bonds. The molecule has 0 radical (unpaired) electrons. The van der Waals surface area contributed by atoms with Gasteiger partial charge in [-0.25, -0.2) is 8.78 Å². The van der Waals surface area contributed by atoms with Crippen molar-refractivity contribution in [3.63, 3.8) is 0 Å². The summed E-state index contributed by atoms with van der Waals surface area (Å²) in [6.07, 6.45) is -2.78. The summed E-state index contributed by atoms with van der Waals surface area (Å²) in [6.45, 7) is 10.3. The zero-order chi connectivity index (χ0) is 10.2. The third-order valence-corrected chi connectivity index (χ3v) is 1.91. The largest absolute Gasteiger partial charge is 0.244 e. The van der Waals surface area contributed by atoms with Crippen molar-refractivity contribution < 1.29 is 8.78 Å². The third-order valence-electron chi connectivity index (χ3n) is 1.91. The van der Waals surface area contributed by atoms with Crippen molar-refractivity contribution in [2.24, 2.45) is 10.8 Å². The fourth-order valence-electron chi connectivity index (χ4n) is 0.878. The Morgan fingerprint density at radius 2 is 0.833 bits per heavy atom. The van der Waals surface area contributed by atoms with Crippen LogP contribution < -0.4 is 0 Å². The molecule has 0 rings (SSSR count). The summed E-state index contributed by atoms with van der Waals surface area (Å²) in [6, 6.07) is 0. The van der Waals surface area contributed by atoms with Gasteiger partial charge >= 0.3 is 0 Å². The summed E-state index contributed by atoms with van der Waals surface area (Å²) in [4.78, 5) is 0. The minimum absolute atomic E-state index is 0.604. The molecule has 0 fully saturated rings. The van der Waals surface area contributed by atoms with Gasteiger partial charge in [-0.15, -0.1) is 0 Å². The van der Waals surface area contributed by atoms with E-state index >= 15 is 0 Å². The van der Waals surface area contributed by atoms with Gasteiger partial charge in [0.15, 0.2) is 0 Å².